The Hall–Kier alpha value is -1.63. The minimum absolute atomic E-state index is 0.0756. The first-order valence-electron chi connectivity index (χ1n) is 7.07. The predicted octanol–water partition coefficient (Wildman–Crippen LogP) is 2.96. The van der Waals surface area contributed by atoms with Crippen LogP contribution in [0.3, 0.4) is 0 Å². The monoisotopic (exact) mass is 318 g/mol. The van der Waals surface area contributed by atoms with Gasteiger partial charge >= 0.3 is 6.18 Å². The Labute approximate surface area is 126 Å². The summed E-state index contributed by atoms with van der Waals surface area (Å²) in [5.74, 6) is -2.00. The van der Waals surface area contributed by atoms with Crippen LogP contribution in [0.2, 0.25) is 0 Å². The van der Waals surface area contributed by atoms with Gasteiger partial charge in [0, 0.05) is 12.1 Å². The molecule has 122 valence electrons. The maximum absolute atomic E-state index is 13.2. The molecule has 1 aromatic rings. The number of halogens is 4. The summed E-state index contributed by atoms with van der Waals surface area (Å²) >= 11 is 0. The van der Waals surface area contributed by atoms with Gasteiger partial charge in [0.25, 0.3) is 5.91 Å². The Morgan fingerprint density at radius 2 is 1.95 bits per heavy atom. The van der Waals surface area contributed by atoms with Gasteiger partial charge in [0.15, 0.2) is 0 Å². The molecule has 0 saturated carbocycles. The van der Waals surface area contributed by atoms with E-state index in [4.69, 9.17) is 0 Å². The third-order valence-corrected chi connectivity index (χ3v) is 4.02. The van der Waals surface area contributed by atoms with Gasteiger partial charge in [0.05, 0.1) is 5.56 Å². The Kier molecular flexibility index (Phi) is 4.75. The summed E-state index contributed by atoms with van der Waals surface area (Å²) in [7, 11) is 0. The summed E-state index contributed by atoms with van der Waals surface area (Å²) in [6.07, 6.45) is -3.06. The van der Waals surface area contributed by atoms with E-state index in [9.17, 15) is 22.4 Å². The molecular formula is C15H18F4N2O. The van der Waals surface area contributed by atoms with Gasteiger partial charge in [-0.15, -0.1) is 0 Å². The predicted molar refractivity (Wildman–Crippen MR) is 73.9 cm³/mol. The number of hydrogen-bond donors (Lipinski definition) is 2. The SMILES string of the molecule is CC1(CNC(=O)c2ccc(F)c(C(F)(F)F)c2)CCNCC1. The van der Waals surface area contributed by atoms with Crippen molar-refractivity contribution in [1.82, 2.24) is 10.6 Å². The Morgan fingerprint density at radius 1 is 1.32 bits per heavy atom. The number of amides is 1. The lowest BCUT2D eigenvalue weighted by molar-refractivity contribution is -0.140. The second-order valence-electron chi connectivity index (χ2n) is 5.94. The fourth-order valence-electron chi connectivity index (χ4n) is 2.49. The lowest BCUT2D eigenvalue weighted by Crippen LogP contribution is -2.42. The quantitative estimate of drug-likeness (QED) is 0.841. The second kappa shape index (κ2) is 6.24. The lowest BCUT2D eigenvalue weighted by atomic mass is 9.81. The average molecular weight is 318 g/mol. The van der Waals surface area contributed by atoms with Crippen LogP contribution >= 0.6 is 0 Å². The number of benzene rings is 1. The highest BCUT2D eigenvalue weighted by atomic mass is 19.4. The standard InChI is InChI=1S/C15H18F4N2O/c1-14(4-6-20-7-5-14)9-21-13(22)10-2-3-12(16)11(8-10)15(17,18)19/h2-3,8,20H,4-7,9H2,1H3,(H,21,22). The van der Waals surface area contributed by atoms with Crippen LogP contribution in [0.1, 0.15) is 35.7 Å². The molecular weight excluding hydrogens is 300 g/mol. The highest BCUT2D eigenvalue weighted by Crippen LogP contribution is 2.32. The number of alkyl halides is 3. The zero-order valence-electron chi connectivity index (χ0n) is 12.2. The van der Waals surface area contributed by atoms with Gasteiger partial charge < -0.3 is 10.6 Å². The van der Waals surface area contributed by atoms with E-state index >= 15 is 0 Å². The zero-order valence-corrected chi connectivity index (χ0v) is 12.2. The summed E-state index contributed by atoms with van der Waals surface area (Å²) in [5.41, 5.74) is -1.69. The van der Waals surface area contributed by atoms with Crippen molar-refractivity contribution in [2.24, 2.45) is 5.41 Å². The molecule has 0 atom stereocenters. The minimum Gasteiger partial charge on any atom is -0.351 e. The number of nitrogens with one attached hydrogen (secondary N) is 2. The Morgan fingerprint density at radius 3 is 2.55 bits per heavy atom. The third-order valence-electron chi connectivity index (χ3n) is 4.02. The first-order valence-corrected chi connectivity index (χ1v) is 7.07. The molecule has 1 amide bonds. The van der Waals surface area contributed by atoms with Gasteiger partial charge in [-0.05, 0) is 49.5 Å². The van der Waals surface area contributed by atoms with Crippen LogP contribution in [0, 0.1) is 11.2 Å². The third kappa shape index (κ3) is 3.97. The van der Waals surface area contributed by atoms with Crippen LogP contribution in [0.15, 0.2) is 18.2 Å². The van der Waals surface area contributed by atoms with E-state index in [1.165, 1.54) is 0 Å². The summed E-state index contributed by atoms with van der Waals surface area (Å²) < 4.78 is 51.2. The van der Waals surface area contributed by atoms with Crippen molar-refractivity contribution >= 4 is 5.91 Å². The van der Waals surface area contributed by atoms with Crippen LogP contribution < -0.4 is 10.6 Å². The number of piperidine rings is 1. The van der Waals surface area contributed by atoms with E-state index in [2.05, 4.69) is 10.6 Å². The molecule has 1 aliphatic heterocycles. The number of carbonyl (C=O) groups excluding carboxylic acids is 1. The van der Waals surface area contributed by atoms with Crippen LogP contribution in [0.25, 0.3) is 0 Å². The molecule has 0 bridgehead atoms. The highest BCUT2D eigenvalue weighted by molar-refractivity contribution is 5.94. The van der Waals surface area contributed by atoms with Gasteiger partial charge in [-0.25, -0.2) is 4.39 Å². The molecule has 2 rings (SSSR count). The van der Waals surface area contributed by atoms with Crippen LogP contribution in [0.5, 0.6) is 0 Å². The van der Waals surface area contributed by atoms with Gasteiger partial charge in [-0.3, -0.25) is 4.79 Å². The summed E-state index contributed by atoms with van der Waals surface area (Å²) in [6, 6.07) is 2.28. The molecule has 7 heteroatoms. The molecule has 0 radical (unpaired) electrons. The van der Waals surface area contributed by atoms with E-state index in [0.29, 0.717) is 18.7 Å². The maximum Gasteiger partial charge on any atom is 0.419 e. The molecule has 0 spiro atoms. The minimum atomic E-state index is -4.82. The molecule has 2 N–H and O–H groups in total. The largest absolute Gasteiger partial charge is 0.419 e. The van der Waals surface area contributed by atoms with E-state index in [-0.39, 0.29) is 11.0 Å². The van der Waals surface area contributed by atoms with Crippen molar-refractivity contribution in [3.63, 3.8) is 0 Å². The van der Waals surface area contributed by atoms with Gasteiger partial charge in [-0.1, -0.05) is 6.92 Å². The van der Waals surface area contributed by atoms with Gasteiger partial charge in [0.1, 0.15) is 5.82 Å². The second-order valence-corrected chi connectivity index (χ2v) is 5.94. The molecule has 1 saturated heterocycles. The Balaban J connectivity index is 2.07. The van der Waals surface area contributed by atoms with Crippen LogP contribution in [-0.4, -0.2) is 25.5 Å². The molecule has 0 aromatic heterocycles. The molecule has 1 heterocycles. The van der Waals surface area contributed by atoms with E-state index < -0.39 is 23.5 Å². The molecule has 22 heavy (non-hydrogen) atoms. The van der Waals surface area contributed by atoms with Crippen LogP contribution in [0.4, 0.5) is 17.6 Å². The number of carbonyl (C=O) groups is 1. The molecule has 3 nitrogen and oxygen atoms in total. The van der Waals surface area contributed by atoms with Crippen molar-refractivity contribution in [2.75, 3.05) is 19.6 Å². The first kappa shape index (κ1) is 16.7. The van der Waals surface area contributed by atoms with Crippen molar-refractivity contribution in [3.05, 3.63) is 35.1 Å². The molecule has 1 aromatic carbocycles. The van der Waals surface area contributed by atoms with Crippen LogP contribution in [-0.2, 0) is 6.18 Å². The fourth-order valence-corrected chi connectivity index (χ4v) is 2.49. The van der Waals surface area contributed by atoms with Crippen molar-refractivity contribution in [1.29, 1.82) is 0 Å². The first-order chi connectivity index (χ1) is 10.2. The molecule has 0 unspecified atom stereocenters. The normalized spacial score (nSPS) is 18.0. The number of rotatable bonds is 3. The van der Waals surface area contributed by atoms with E-state index in [0.717, 1.165) is 32.0 Å². The van der Waals surface area contributed by atoms with Crippen molar-refractivity contribution < 1.29 is 22.4 Å². The summed E-state index contributed by atoms with van der Waals surface area (Å²) in [4.78, 5) is 12.0. The van der Waals surface area contributed by atoms with Crippen molar-refractivity contribution in [3.8, 4) is 0 Å². The summed E-state index contributed by atoms with van der Waals surface area (Å²) in [6.45, 7) is 4.11. The van der Waals surface area contributed by atoms with E-state index in [1.54, 1.807) is 0 Å². The summed E-state index contributed by atoms with van der Waals surface area (Å²) in [5, 5.41) is 5.86. The topological polar surface area (TPSA) is 41.1 Å². The van der Waals surface area contributed by atoms with Gasteiger partial charge in [-0.2, -0.15) is 13.2 Å². The van der Waals surface area contributed by atoms with E-state index in [1.807, 2.05) is 6.92 Å². The lowest BCUT2D eigenvalue weighted by Gasteiger charge is -2.34. The zero-order chi connectivity index (χ0) is 16.4. The molecule has 1 fully saturated rings. The fraction of sp³-hybridized carbons (Fsp3) is 0.533. The average Bonchev–Trinajstić information content (AvgIpc) is 2.45. The molecule has 1 aliphatic rings. The Bertz CT molecular complexity index is 551. The maximum atomic E-state index is 13.2. The van der Waals surface area contributed by atoms with Crippen molar-refractivity contribution in [2.45, 2.75) is 25.9 Å². The number of hydrogen-bond acceptors (Lipinski definition) is 2. The highest BCUT2D eigenvalue weighted by Gasteiger charge is 2.35. The molecule has 0 aliphatic carbocycles. The smallest absolute Gasteiger partial charge is 0.351 e. The van der Waals surface area contributed by atoms with Gasteiger partial charge in [0.2, 0.25) is 0 Å².